The zero-order valence-corrected chi connectivity index (χ0v) is 16.3. The second kappa shape index (κ2) is 8.86. The molecule has 2 N–H and O–H groups in total. The molecular formula is C16H23IN6O. The molecule has 0 aliphatic carbocycles. The molecule has 1 aliphatic rings. The van der Waals surface area contributed by atoms with E-state index >= 15 is 0 Å². The van der Waals surface area contributed by atoms with Crippen LogP contribution in [-0.2, 0) is 26.1 Å². The lowest BCUT2D eigenvalue weighted by Crippen LogP contribution is -2.37. The molecule has 1 aromatic heterocycles. The molecule has 7 nitrogen and oxygen atoms in total. The van der Waals surface area contributed by atoms with Gasteiger partial charge in [-0.05, 0) is 24.1 Å². The van der Waals surface area contributed by atoms with Crippen LogP contribution in [0.3, 0.4) is 0 Å². The summed E-state index contributed by atoms with van der Waals surface area (Å²) in [5, 5.41) is 15.0. The van der Waals surface area contributed by atoms with Crippen molar-refractivity contribution < 1.29 is 4.74 Å². The van der Waals surface area contributed by atoms with Gasteiger partial charge in [0.25, 0.3) is 0 Å². The molecule has 0 amide bonds. The molecule has 3 rings (SSSR count). The molecule has 0 fully saturated rings. The molecule has 2 aromatic rings. The molecule has 8 heteroatoms. The number of aryl methyl sites for hydroxylation is 1. The molecule has 0 saturated heterocycles. The van der Waals surface area contributed by atoms with Gasteiger partial charge >= 0.3 is 0 Å². The predicted molar refractivity (Wildman–Crippen MR) is 104 cm³/mol. The molecule has 1 aromatic carbocycles. The zero-order valence-electron chi connectivity index (χ0n) is 14.0. The number of aromatic nitrogens is 3. The lowest BCUT2D eigenvalue weighted by atomic mass is 10.2. The highest BCUT2D eigenvalue weighted by atomic mass is 127. The van der Waals surface area contributed by atoms with Gasteiger partial charge < -0.3 is 19.9 Å². The number of nitrogens with zero attached hydrogens (tertiary/aromatic N) is 4. The number of halogens is 1. The fraction of sp³-hybridized carbons (Fsp3) is 0.438. The highest BCUT2D eigenvalue weighted by molar-refractivity contribution is 14.0. The first-order valence-corrected chi connectivity index (χ1v) is 7.78. The predicted octanol–water partition coefficient (Wildman–Crippen LogP) is 1.72. The van der Waals surface area contributed by atoms with E-state index in [1.54, 1.807) is 14.2 Å². The van der Waals surface area contributed by atoms with Crippen LogP contribution >= 0.6 is 24.0 Å². The number of ether oxygens (including phenoxy) is 1. The molecule has 2 heterocycles. The van der Waals surface area contributed by atoms with Crippen LogP contribution in [0.1, 0.15) is 23.6 Å². The van der Waals surface area contributed by atoms with Crippen molar-refractivity contribution in [1.82, 2.24) is 25.4 Å². The van der Waals surface area contributed by atoms with E-state index in [4.69, 9.17) is 4.74 Å². The molecule has 0 radical (unpaired) electrons. The van der Waals surface area contributed by atoms with Crippen LogP contribution in [0.15, 0.2) is 29.3 Å². The largest absolute Gasteiger partial charge is 0.497 e. The first-order valence-electron chi connectivity index (χ1n) is 7.78. The molecule has 1 aliphatic heterocycles. The summed E-state index contributed by atoms with van der Waals surface area (Å²) >= 11 is 0. The van der Waals surface area contributed by atoms with Crippen molar-refractivity contribution in [2.24, 2.45) is 4.99 Å². The third-order valence-corrected chi connectivity index (χ3v) is 3.94. The second-order valence-electron chi connectivity index (χ2n) is 5.42. The Kier molecular flexibility index (Phi) is 6.83. The summed E-state index contributed by atoms with van der Waals surface area (Å²) in [6, 6.07) is 7.97. The van der Waals surface area contributed by atoms with Gasteiger partial charge in [-0.15, -0.1) is 34.2 Å². The Morgan fingerprint density at radius 1 is 1.21 bits per heavy atom. The van der Waals surface area contributed by atoms with E-state index < -0.39 is 0 Å². The third-order valence-electron chi connectivity index (χ3n) is 3.94. The van der Waals surface area contributed by atoms with Crippen LogP contribution in [0.2, 0.25) is 0 Å². The van der Waals surface area contributed by atoms with Gasteiger partial charge in [0.15, 0.2) is 11.8 Å². The van der Waals surface area contributed by atoms with Crippen LogP contribution < -0.4 is 15.4 Å². The van der Waals surface area contributed by atoms with E-state index in [1.165, 1.54) is 0 Å². The average Bonchev–Trinajstić information content (AvgIpc) is 3.20. The van der Waals surface area contributed by atoms with Crippen LogP contribution in [0, 0.1) is 0 Å². The van der Waals surface area contributed by atoms with Gasteiger partial charge in [0.2, 0.25) is 0 Å². The van der Waals surface area contributed by atoms with Gasteiger partial charge in [-0.25, -0.2) is 0 Å². The topological polar surface area (TPSA) is 76.4 Å². The summed E-state index contributed by atoms with van der Waals surface area (Å²) in [4.78, 5) is 4.24. The maximum atomic E-state index is 5.16. The van der Waals surface area contributed by atoms with Crippen molar-refractivity contribution in [3.63, 3.8) is 0 Å². The van der Waals surface area contributed by atoms with Crippen molar-refractivity contribution >= 4 is 29.9 Å². The van der Waals surface area contributed by atoms with Gasteiger partial charge in [0, 0.05) is 26.6 Å². The highest BCUT2D eigenvalue weighted by Gasteiger charge is 2.16. The van der Waals surface area contributed by atoms with Crippen molar-refractivity contribution in [1.29, 1.82) is 0 Å². The van der Waals surface area contributed by atoms with E-state index in [0.717, 1.165) is 48.3 Å². The first kappa shape index (κ1) is 18.5. The van der Waals surface area contributed by atoms with Crippen LogP contribution in [0.4, 0.5) is 0 Å². The lowest BCUT2D eigenvalue weighted by Gasteiger charge is -2.12. The van der Waals surface area contributed by atoms with E-state index in [2.05, 4.69) is 30.4 Å². The second-order valence-corrected chi connectivity index (χ2v) is 5.42. The van der Waals surface area contributed by atoms with Crippen molar-refractivity contribution in [2.75, 3.05) is 14.2 Å². The van der Waals surface area contributed by atoms with Gasteiger partial charge in [-0.3, -0.25) is 4.99 Å². The summed E-state index contributed by atoms with van der Waals surface area (Å²) in [7, 11) is 3.43. The quantitative estimate of drug-likeness (QED) is 0.419. The SMILES string of the molecule is CN=C(NCc1ccc(OC)cc1)NCc1nnc2n1CCC2.I. The van der Waals surface area contributed by atoms with Crippen LogP contribution in [0.25, 0.3) is 0 Å². The Morgan fingerprint density at radius 3 is 2.67 bits per heavy atom. The molecule has 0 unspecified atom stereocenters. The molecule has 24 heavy (non-hydrogen) atoms. The Bertz CT molecular complexity index is 682. The molecule has 0 bridgehead atoms. The van der Waals surface area contributed by atoms with E-state index in [1.807, 2.05) is 24.3 Å². The van der Waals surface area contributed by atoms with Gasteiger partial charge in [0.1, 0.15) is 11.6 Å². The van der Waals surface area contributed by atoms with E-state index in [-0.39, 0.29) is 24.0 Å². The van der Waals surface area contributed by atoms with Gasteiger partial charge in [-0.1, -0.05) is 12.1 Å². The maximum Gasteiger partial charge on any atom is 0.191 e. The monoisotopic (exact) mass is 442 g/mol. The molecule has 0 saturated carbocycles. The number of rotatable bonds is 5. The first-order chi connectivity index (χ1) is 11.3. The van der Waals surface area contributed by atoms with Crippen LogP contribution in [0.5, 0.6) is 5.75 Å². The molecule has 0 atom stereocenters. The average molecular weight is 442 g/mol. The maximum absolute atomic E-state index is 5.16. The summed E-state index contributed by atoms with van der Waals surface area (Å²) in [5.74, 6) is 3.65. The van der Waals surface area contributed by atoms with Crippen molar-refractivity contribution in [3.05, 3.63) is 41.5 Å². The summed E-state index contributed by atoms with van der Waals surface area (Å²) < 4.78 is 7.34. The number of benzene rings is 1. The fourth-order valence-electron chi connectivity index (χ4n) is 2.65. The number of hydrogen-bond acceptors (Lipinski definition) is 4. The molecular weight excluding hydrogens is 419 g/mol. The van der Waals surface area contributed by atoms with Gasteiger partial charge in [0.05, 0.1) is 13.7 Å². The molecule has 130 valence electrons. The normalized spacial score (nSPS) is 13.2. The third kappa shape index (κ3) is 4.37. The Labute approximate surface area is 158 Å². The standard InChI is InChI=1S/C16H22N6O.HI/c1-17-16(18-10-12-5-7-13(23-2)8-6-12)19-11-15-21-20-14-4-3-9-22(14)15;/h5-8H,3-4,9-11H2,1-2H3,(H2,17,18,19);1H. The minimum atomic E-state index is 0. The minimum absolute atomic E-state index is 0. The number of methoxy groups -OCH3 is 1. The van der Waals surface area contributed by atoms with E-state index in [0.29, 0.717) is 13.1 Å². The number of hydrogen-bond donors (Lipinski definition) is 2. The highest BCUT2D eigenvalue weighted by Crippen LogP contribution is 2.13. The smallest absolute Gasteiger partial charge is 0.191 e. The number of fused-ring (bicyclic) bond motifs is 1. The fourth-order valence-corrected chi connectivity index (χ4v) is 2.65. The summed E-state index contributed by atoms with van der Waals surface area (Å²) in [6.07, 6.45) is 2.18. The van der Waals surface area contributed by atoms with E-state index in [9.17, 15) is 0 Å². The zero-order chi connectivity index (χ0) is 16.1. The minimum Gasteiger partial charge on any atom is -0.497 e. The van der Waals surface area contributed by atoms with Crippen LogP contribution in [-0.4, -0.2) is 34.9 Å². The van der Waals surface area contributed by atoms with Crippen molar-refractivity contribution in [3.8, 4) is 5.75 Å². The lowest BCUT2D eigenvalue weighted by molar-refractivity contribution is 0.414. The number of guanidine groups is 1. The molecule has 0 spiro atoms. The van der Waals surface area contributed by atoms with Crippen molar-refractivity contribution in [2.45, 2.75) is 32.5 Å². The summed E-state index contributed by atoms with van der Waals surface area (Å²) in [6.45, 7) is 2.33. The Balaban J connectivity index is 0.00000208. The summed E-state index contributed by atoms with van der Waals surface area (Å²) in [5.41, 5.74) is 1.16. The Morgan fingerprint density at radius 2 is 1.96 bits per heavy atom. The number of aliphatic imine (C=N–C) groups is 1. The number of nitrogens with one attached hydrogen (secondary N) is 2. The Hall–Kier alpha value is -1.84. The van der Waals surface area contributed by atoms with Gasteiger partial charge in [-0.2, -0.15) is 0 Å².